The highest BCUT2D eigenvalue weighted by Gasteiger charge is 2.53. The number of piperidine rings is 1. The van der Waals surface area contributed by atoms with E-state index in [-0.39, 0.29) is 24.4 Å². The molecule has 4 fully saturated rings. The Bertz CT molecular complexity index is 556. The zero-order valence-electron chi connectivity index (χ0n) is 14.3. The van der Waals surface area contributed by atoms with Crippen LogP contribution in [-0.2, 0) is 9.59 Å². The number of carbonyl (C=O) groups is 3. The molecule has 6 heteroatoms. The molecule has 0 aromatic rings. The van der Waals surface area contributed by atoms with Gasteiger partial charge in [-0.25, -0.2) is 4.79 Å². The molecule has 4 rings (SSSR count). The topological polar surface area (TPSA) is 69.7 Å². The summed E-state index contributed by atoms with van der Waals surface area (Å²) in [5.74, 6) is 1.12. The van der Waals surface area contributed by atoms with E-state index in [2.05, 4.69) is 5.32 Å². The minimum Gasteiger partial charge on any atom is -0.341 e. The van der Waals surface area contributed by atoms with Crippen LogP contribution in [0.4, 0.5) is 4.79 Å². The highest BCUT2D eigenvalue weighted by Crippen LogP contribution is 2.37. The van der Waals surface area contributed by atoms with Crippen molar-refractivity contribution in [1.29, 1.82) is 0 Å². The average molecular weight is 333 g/mol. The SMILES string of the molecule is O=C(CN1C(=O)NC2(CCCC2)C1=O)N1CC[C@H]2CCCC[C@@H]2C1. The van der Waals surface area contributed by atoms with E-state index in [1.54, 1.807) is 0 Å². The fraction of sp³-hybridized carbons (Fsp3) is 0.833. The third kappa shape index (κ3) is 2.60. The zero-order valence-corrected chi connectivity index (χ0v) is 14.3. The molecule has 1 spiro atoms. The lowest BCUT2D eigenvalue weighted by atomic mass is 9.75. The molecule has 2 saturated heterocycles. The predicted molar refractivity (Wildman–Crippen MR) is 88.1 cm³/mol. The molecule has 4 amide bonds. The van der Waals surface area contributed by atoms with Gasteiger partial charge in [-0.15, -0.1) is 0 Å². The lowest BCUT2D eigenvalue weighted by Crippen LogP contribution is -2.49. The largest absolute Gasteiger partial charge is 0.341 e. The van der Waals surface area contributed by atoms with E-state index in [1.165, 1.54) is 25.7 Å². The van der Waals surface area contributed by atoms with Gasteiger partial charge in [0.05, 0.1) is 0 Å². The number of fused-ring (bicyclic) bond motifs is 1. The smallest absolute Gasteiger partial charge is 0.325 e. The number of urea groups is 1. The molecule has 4 aliphatic rings. The fourth-order valence-corrected chi connectivity index (χ4v) is 5.20. The molecule has 0 radical (unpaired) electrons. The monoisotopic (exact) mass is 333 g/mol. The first kappa shape index (κ1) is 15.9. The number of nitrogens with one attached hydrogen (secondary N) is 1. The van der Waals surface area contributed by atoms with Crippen LogP contribution >= 0.6 is 0 Å². The normalized spacial score (nSPS) is 32.2. The predicted octanol–water partition coefficient (Wildman–Crippen LogP) is 1.89. The summed E-state index contributed by atoms with van der Waals surface area (Å²) in [5.41, 5.74) is -0.715. The lowest BCUT2D eigenvalue weighted by molar-refractivity contribution is -0.140. The molecule has 2 atom stereocenters. The van der Waals surface area contributed by atoms with E-state index in [0.29, 0.717) is 18.8 Å². The molecule has 24 heavy (non-hydrogen) atoms. The summed E-state index contributed by atoms with van der Waals surface area (Å²) in [6.45, 7) is 1.48. The van der Waals surface area contributed by atoms with Gasteiger partial charge in [0.1, 0.15) is 12.1 Å². The van der Waals surface area contributed by atoms with Crippen LogP contribution in [0.2, 0.25) is 0 Å². The zero-order chi connectivity index (χ0) is 16.7. The summed E-state index contributed by atoms with van der Waals surface area (Å²) in [4.78, 5) is 40.6. The van der Waals surface area contributed by atoms with Gasteiger partial charge in [0.2, 0.25) is 5.91 Å². The van der Waals surface area contributed by atoms with Crippen LogP contribution < -0.4 is 5.32 Å². The van der Waals surface area contributed by atoms with Gasteiger partial charge >= 0.3 is 6.03 Å². The molecule has 2 heterocycles. The minimum absolute atomic E-state index is 0.0717. The maximum atomic E-state index is 12.7. The minimum atomic E-state index is -0.715. The number of amides is 4. The van der Waals surface area contributed by atoms with Gasteiger partial charge in [0.15, 0.2) is 0 Å². The summed E-state index contributed by atoms with van der Waals surface area (Å²) in [6, 6.07) is -0.386. The molecule has 132 valence electrons. The average Bonchev–Trinajstić information content (AvgIpc) is 3.15. The Morgan fingerprint density at radius 1 is 1.04 bits per heavy atom. The van der Waals surface area contributed by atoms with Crippen molar-refractivity contribution in [3.8, 4) is 0 Å². The second-order valence-electron chi connectivity index (χ2n) is 8.04. The van der Waals surface area contributed by atoms with Crippen LogP contribution in [0.5, 0.6) is 0 Å². The maximum Gasteiger partial charge on any atom is 0.325 e. The summed E-state index contributed by atoms with van der Waals surface area (Å²) in [6.07, 6.45) is 9.49. The number of carbonyl (C=O) groups excluding carboxylic acids is 3. The highest BCUT2D eigenvalue weighted by atomic mass is 16.2. The number of rotatable bonds is 2. The fourth-order valence-electron chi connectivity index (χ4n) is 5.20. The van der Waals surface area contributed by atoms with Crippen LogP contribution in [0.3, 0.4) is 0 Å². The van der Waals surface area contributed by atoms with Crippen LogP contribution in [0.25, 0.3) is 0 Å². The van der Waals surface area contributed by atoms with Crippen molar-refractivity contribution in [2.45, 2.75) is 63.3 Å². The summed E-state index contributed by atoms with van der Waals surface area (Å²) >= 11 is 0. The first-order valence-electron chi connectivity index (χ1n) is 9.51. The Morgan fingerprint density at radius 3 is 2.50 bits per heavy atom. The van der Waals surface area contributed by atoms with Crippen molar-refractivity contribution in [3.05, 3.63) is 0 Å². The standard InChI is InChI=1S/C18H27N3O3/c22-15(20-10-7-13-5-1-2-6-14(13)11-20)12-21-16(23)18(19-17(21)24)8-3-4-9-18/h13-14H,1-12H2,(H,19,24)/t13-,14-/m1/s1. The molecule has 2 aliphatic carbocycles. The van der Waals surface area contributed by atoms with E-state index < -0.39 is 5.54 Å². The molecular formula is C18H27N3O3. The van der Waals surface area contributed by atoms with E-state index in [1.807, 2.05) is 4.90 Å². The van der Waals surface area contributed by atoms with Gasteiger partial charge in [0, 0.05) is 13.1 Å². The number of hydrogen-bond acceptors (Lipinski definition) is 3. The number of likely N-dealkylation sites (tertiary alicyclic amines) is 1. The van der Waals surface area contributed by atoms with Gasteiger partial charge in [-0.3, -0.25) is 14.5 Å². The van der Waals surface area contributed by atoms with E-state index >= 15 is 0 Å². The van der Waals surface area contributed by atoms with E-state index in [0.717, 1.165) is 43.2 Å². The number of imide groups is 1. The van der Waals surface area contributed by atoms with Gasteiger partial charge < -0.3 is 10.2 Å². The van der Waals surface area contributed by atoms with Crippen molar-refractivity contribution >= 4 is 17.8 Å². The van der Waals surface area contributed by atoms with Gasteiger partial charge in [-0.2, -0.15) is 0 Å². The first-order chi connectivity index (χ1) is 11.6. The second-order valence-corrected chi connectivity index (χ2v) is 8.04. The molecule has 0 unspecified atom stereocenters. The van der Waals surface area contributed by atoms with Crippen molar-refractivity contribution < 1.29 is 14.4 Å². The number of nitrogens with zero attached hydrogens (tertiary/aromatic N) is 2. The summed E-state index contributed by atoms with van der Waals surface area (Å²) in [5, 5.41) is 2.85. The molecular weight excluding hydrogens is 306 g/mol. The third-order valence-corrected chi connectivity index (χ3v) is 6.64. The molecule has 1 N–H and O–H groups in total. The Labute approximate surface area is 142 Å². The summed E-state index contributed by atoms with van der Waals surface area (Å²) < 4.78 is 0. The summed E-state index contributed by atoms with van der Waals surface area (Å²) in [7, 11) is 0. The molecule has 6 nitrogen and oxygen atoms in total. The molecule has 2 saturated carbocycles. The van der Waals surface area contributed by atoms with Crippen LogP contribution in [0, 0.1) is 11.8 Å². The quantitative estimate of drug-likeness (QED) is 0.785. The molecule has 0 bridgehead atoms. The van der Waals surface area contributed by atoms with Crippen LogP contribution in [0.1, 0.15) is 57.8 Å². The number of hydrogen-bond donors (Lipinski definition) is 1. The highest BCUT2D eigenvalue weighted by molar-refractivity contribution is 6.09. The third-order valence-electron chi connectivity index (χ3n) is 6.64. The van der Waals surface area contributed by atoms with Crippen molar-refractivity contribution in [1.82, 2.24) is 15.1 Å². The molecule has 0 aromatic heterocycles. The van der Waals surface area contributed by atoms with Gasteiger partial charge in [-0.05, 0) is 37.5 Å². The van der Waals surface area contributed by atoms with Crippen LogP contribution in [0.15, 0.2) is 0 Å². The lowest BCUT2D eigenvalue weighted by Gasteiger charge is -2.41. The Hall–Kier alpha value is -1.59. The van der Waals surface area contributed by atoms with E-state index in [4.69, 9.17) is 0 Å². The van der Waals surface area contributed by atoms with Crippen molar-refractivity contribution in [2.24, 2.45) is 11.8 Å². The van der Waals surface area contributed by atoms with E-state index in [9.17, 15) is 14.4 Å². The van der Waals surface area contributed by atoms with Crippen molar-refractivity contribution in [3.63, 3.8) is 0 Å². The van der Waals surface area contributed by atoms with Crippen LogP contribution in [-0.4, -0.2) is 52.8 Å². The molecule has 2 aliphatic heterocycles. The maximum absolute atomic E-state index is 12.7. The van der Waals surface area contributed by atoms with Gasteiger partial charge in [-0.1, -0.05) is 32.1 Å². The first-order valence-corrected chi connectivity index (χ1v) is 9.51. The second kappa shape index (κ2) is 6.05. The Morgan fingerprint density at radius 2 is 1.75 bits per heavy atom. The molecule has 0 aromatic carbocycles. The Kier molecular flexibility index (Phi) is 4.01. The van der Waals surface area contributed by atoms with Crippen molar-refractivity contribution in [2.75, 3.05) is 19.6 Å². The van der Waals surface area contributed by atoms with Gasteiger partial charge in [0.25, 0.3) is 5.91 Å². The Balaban J connectivity index is 1.39.